The third-order valence-electron chi connectivity index (χ3n) is 2.60. The number of hydrogen-bond donors (Lipinski definition) is 2. The second-order valence-corrected chi connectivity index (χ2v) is 3.90. The van der Waals surface area contributed by atoms with Crippen molar-refractivity contribution in [3.8, 4) is 0 Å². The van der Waals surface area contributed by atoms with Gasteiger partial charge in [-0.25, -0.2) is 0 Å². The Kier molecular flexibility index (Phi) is 3.52. The van der Waals surface area contributed by atoms with Gasteiger partial charge in [-0.3, -0.25) is 14.6 Å². The fourth-order valence-electron chi connectivity index (χ4n) is 1.63. The van der Waals surface area contributed by atoms with E-state index in [1.165, 1.54) is 6.20 Å². The first-order valence-corrected chi connectivity index (χ1v) is 5.54. The molecule has 0 atom stereocenters. The molecule has 0 bridgehead atoms. The van der Waals surface area contributed by atoms with Gasteiger partial charge in [-0.1, -0.05) is 0 Å². The standard InChI is InChI=1S/C13H13N3O2/c1-9-2-7-15-12(17)11(9)13(18)16-8-10-3-5-14-6-4-10/h2-7H,8H2,1H3,(H,15,17)(H,16,18). The predicted octanol–water partition coefficient (Wildman–Crippen LogP) is 1.01. The number of amides is 1. The Morgan fingerprint density at radius 1 is 1.33 bits per heavy atom. The summed E-state index contributed by atoms with van der Waals surface area (Å²) in [6.45, 7) is 2.10. The Morgan fingerprint density at radius 2 is 2.06 bits per heavy atom. The van der Waals surface area contributed by atoms with Crippen molar-refractivity contribution in [3.05, 3.63) is 63.8 Å². The van der Waals surface area contributed by atoms with Gasteiger partial charge in [0.1, 0.15) is 5.56 Å². The lowest BCUT2D eigenvalue weighted by Crippen LogP contribution is -2.30. The van der Waals surface area contributed by atoms with E-state index in [1.54, 1.807) is 25.4 Å². The van der Waals surface area contributed by atoms with Crippen molar-refractivity contribution in [2.24, 2.45) is 0 Å². The lowest BCUT2D eigenvalue weighted by molar-refractivity contribution is 0.0948. The van der Waals surface area contributed by atoms with Crippen LogP contribution >= 0.6 is 0 Å². The first-order chi connectivity index (χ1) is 8.68. The van der Waals surface area contributed by atoms with Crippen molar-refractivity contribution in [1.82, 2.24) is 15.3 Å². The largest absolute Gasteiger partial charge is 0.348 e. The molecule has 0 aromatic carbocycles. The molecule has 0 saturated carbocycles. The molecule has 2 N–H and O–H groups in total. The van der Waals surface area contributed by atoms with E-state index < -0.39 is 0 Å². The molecule has 2 heterocycles. The van der Waals surface area contributed by atoms with E-state index in [0.717, 1.165) is 5.56 Å². The molecule has 0 unspecified atom stereocenters. The van der Waals surface area contributed by atoms with Gasteiger partial charge in [-0.2, -0.15) is 0 Å². The average Bonchev–Trinajstić information content (AvgIpc) is 2.37. The van der Waals surface area contributed by atoms with Gasteiger partial charge in [0, 0.05) is 25.1 Å². The van der Waals surface area contributed by atoms with E-state index >= 15 is 0 Å². The molecule has 0 fully saturated rings. The average molecular weight is 243 g/mol. The van der Waals surface area contributed by atoms with Crippen LogP contribution in [0.1, 0.15) is 21.5 Å². The van der Waals surface area contributed by atoms with Gasteiger partial charge in [0.05, 0.1) is 0 Å². The fraction of sp³-hybridized carbons (Fsp3) is 0.154. The monoisotopic (exact) mass is 243 g/mol. The van der Waals surface area contributed by atoms with E-state index in [2.05, 4.69) is 15.3 Å². The molecule has 0 saturated heterocycles. The van der Waals surface area contributed by atoms with Crippen molar-refractivity contribution in [2.75, 3.05) is 0 Å². The number of carbonyl (C=O) groups excluding carboxylic acids is 1. The van der Waals surface area contributed by atoms with E-state index in [4.69, 9.17) is 0 Å². The first-order valence-electron chi connectivity index (χ1n) is 5.54. The third-order valence-corrected chi connectivity index (χ3v) is 2.60. The van der Waals surface area contributed by atoms with Crippen molar-refractivity contribution in [1.29, 1.82) is 0 Å². The Morgan fingerprint density at radius 3 is 2.72 bits per heavy atom. The number of aromatic nitrogens is 2. The van der Waals surface area contributed by atoms with Crippen molar-refractivity contribution in [3.63, 3.8) is 0 Å². The minimum atomic E-state index is -0.373. The van der Waals surface area contributed by atoms with Gasteiger partial charge >= 0.3 is 0 Å². The molecule has 18 heavy (non-hydrogen) atoms. The molecule has 2 aromatic heterocycles. The molecule has 0 aliphatic heterocycles. The zero-order chi connectivity index (χ0) is 13.0. The molecule has 0 radical (unpaired) electrons. The van der Waals surface area contributed by atoms with Crippen molar-refractivity contribution < 1.29 is 4.79 Å². The summed E-state index contributed by atoms with van der Waals surface area (Å²) in [5, 5.41) is 2.71. The quantitative estimate of drug-likeness (QED) is 0.844. The van der Waals surface area contributed by atoms with Crippen LogP contribution in [0.5, 0.6) is 0 Å². The summed E-state index contributed by atoms with van der Waals surface area (Å²) < 4.78 is 0. The zero-order valence-electron chi connectivity index (χ0n) is 9.93. The molecule has 1 amide bonds. The van der Waals surface area contributed by atoms with Gasteiger partial charge in [0.25, 0.3) is 11.5 Å². The maximum absolute atomic E-state index is 11.9. The van der Waals surface area contributed by atoms with Gasteiger partial charge < -0.3 is 10.3 Å². The highest BCUT2D eigenvalue weighted by Gasteiger charge is 2.12. The molecule has 0 aliphatic carbocycles. The highest BCUT2D eigenvalue weighted by Crippen LogP contribution is 2.01. The van der Waals surface area contributed by atoms with Crippen LogP contribution in [-0.2, 0) is 6.54 Å². The Hall–Kier alpha value is -2.43. The second-order valence-electron chi connectivity index (χ2n) is 3.90. The van der Waals surface area contributed by atoms with E-state index in [9.17, 15) is 9.59 Å². The lowest BCUT2D eigenvalue weighted by Gasteiger charge is -2.06. The number of pyridine rings is 2. The predicted molar refractivity (Wildman–Crippen MR) is 67.2 cm³/mol. The van der Waals surface area contributed by atoms with Crippen molar-refractivity contribution >= 4 is 5.91 Å². The molecule has 2 aromatic rings. The summed E-state index contributed by atoms with van der Waals surface area (Å²) in [5.74, 6) is -0.369. The maximum Gasteiger partial charge on any atom is 0.261 e. The number of nitrogens with zero attached hydrogens (tertiary/aromatic N) is 1. The van der Waals surface area contributed by atoms with E-state index in [0.29, 0.717) is 12.1 Å². The number of rotatable bonds is 3. The van der Waals surface area contributed by atoms with Gasteiger partial charge in [0.2, 0.25) is 0 Å². The summed E-state index contributed by atoms with van der Waals surface area (Å²) in [7, 11) is 0. The summed E-state index contributed by atoms with van der Waals surface area (Å²) in [6.07, 6.45) is 4.83. The van der Waals surface area contributed by atoms with Gasteiger partial charge in [0.15, 0.2) is 0 Å². The number of nitrogens with one attached hydrogen (secondary N) is 2. The minimum Gasteiger partial charge on any atom is -0.348 e. The summed E-state index contributed by atoms with van der Waals surface area (Å²) in [5.41, 5.74) is 1.38. The van der Waals surface area contributed by atoms with Crippen LogP contribution in [0.25, 0.3) is 0 Å². The van der Waals surface area contributed by atoms with E-state index in [1.807, 2.05) is 12.1 Å². The molecular weight excluding hydrogens is 230 g/mol. The number of hydrogen-bond acceptors (Lipinski definition) is 3. The van der Waals surface area contributed by atoms with Gasteiger partial charge in [-0.15, -0.1) is 0 Å². The van der Waals surface area contributed by atoms with Crippen LogP contribution in [0.2, 0.25) is 0 Å². The van der Waals surface area contributed by atoms with Crippen LogP contribution in [0.3, 0.4) is 0 Å². The molecule has 92 valence electrons. The summed E-state index contributed by atoms with van der Waals surface area (Å²) in [6, 6.07) is 5.31. The number of H-pyrrole nitrogens is 1. The van der Waals surface area contributed by atoms with Crippen molar-refractivity contribution in [2.45, 2.75) is 13.5 Å². The van der Waals surface area contributed by atoms with Crippen LogP contribution in [0.4, 0.5) is 0 Å². The SMILES string of the molecule is Cc1cc[nH]c(=O)c1C(=O)NCc1ccncc1. The number of aryl methyl sites for hydroxylation is 1. The first kappa shape index (κ1) is 12.0. The van der Waals surface area contributed by atoms with Crippen LogP contribution < -0.4 is 10.9 Å². The molecule has 0 aliphatic rings. The molecule has 5 nitrogen and oxygen atoms in total. The van der Waals surface area contributed by atoms with Crippen LogP contribution in [0, 0.1) is 6.92 Å². The van der Waals surface area contributed by atoms with Crippen LogP contribution in [-0.4, -0.2) is 15.9 Å². The summed E-state index contributed by atoms with van der Waals surface area (Å²) >= 11 is 0. The topological polar surface area (TPSA) is 74.8 Å². The highest BCUT2D eigenvalue weighted by atomic mass is 16.2. The fourth-order valence-corrected chi connectivity index (χ4v) is 1.63. The Labute approximate surface area is 104 Å². The van der Waals surface area contributed by atoms with E-state index in [-0.39, 0.29) is 17.0 Å². The Balaban J connectivity index is 2.11. The molecule has 2 rings (SSSR count). The maximum atomic E-state index is 11.9. The third kappa shape index (κ3) is 2.63. The summed E-state index contributed by atoms with van der Waals surface area (Å²) in [4.78, 5) is 29.9. The highest BCUT2D eigenvalue weighted by molar-refractivity contribution is 5.95. The molecule has 0 spiro atoms. The smallest absolute Gasteiger partial charge is 0.261 e. The van der Waals surface area contributed by atoms with Gasteiger partial charge in [-0.05, 0) is 36.2 Å². The normalized spacial score (nSPS) is 10.1. The number of carbonyl (C=O) groups is 1. The zero-order valence-corrected chi connectivity index (χ0v) is 9.93. The minimum absolute atomic E-state index is 0.159. The molecule has 5 heteroatoms. The Bertz CT molecular complexity index is 605. The molecular formula is C13H13N3O2. The number of aromatic amines is 1. The van der Waals surface area contributed by atoms with Crippen LogP contribution in [0.15, 0.2) is 41.6 Å². The lowest BCUT2D eigenvalue weighted by atomic mass is 10.1. The second kappa shape index (κ2) is 5.27.